The molecule has 2 rings (SSSR count). The van der Waals surface area contributed by atoms with Gasteiger partial charge in [0.2, 0.25) is 5.91 Å². The number of carbonyl (C=O) groups excluding carboxylic acids is 2. The van der Waals surface area contributed by atoms with Crippen molar-refractivity contribution in [2.45, 2.75) is 19.4 Å². The first kappa shape index (κ1) is 12.2. The Morgan fingerprint density at radius 2 is 2.06 bits per heavy atom. The summed E-state index contributed by atoms with van der Waals surface area (Å²) < 4.78 is 0. The minimum Gasteiger partial charge on any atom is -0.334 e. The van der Waals surface area contributed by atoms with Crippen LogP contribution in [0.4, 0.5) is 10.5 Å². The highest BCUT2D eigenvalue weighted by Gasteiger charge is 2.32. The molecule has 6 heteroatoms. The van der Waals surface area contributed by atoms with Gasteiger partial charge in [0.15, 0.2) is 0 Å². The molecule has 1 fully saturated rings. The highest BCUT2D eigenvalue weighted by Crippen LogP contribution is 2.30. The first-order chi connectivity index (χ1) is 7.99. The summed E-state index contributed by atoms with van der Waals surface area (Å²) in [5.74, 6) is -0.287. The van der Waals surface area contributed by atoms with E-state index in [1.807, 2.05) is 0 Å². The number of anilines is 1. The van der Waals surface area contributed by atoms with E-state index in [1.54, 1.807) is 19.1 Å². The number of nitrogens with one attached hydrogen (secondary N) is 1. The second kappa shape index (κ2) is 4.55. The highest BCUT2D eigenvalue weighted by atomic mass is 35.5. The largest absolute Gasteiger partial charge is 0.334 e. The minimum absolute atomic E-state index is 0.163. The molecule has 90 valence electrons. The summed E-state index contributed by atoms with van der Waals surface area (Å²) in [6.07, 6.45) is 0.245. The predicted molar refractivity (Wildman–Crippen MR) is 66.6 cm³/mol. The third-order valence-electron chi connectivity index (χ3n) is 2.45. The molecule has 0 saturated carbocycles. The molecule has 1 saturated heterocycles. The van der Waals surface area contributed by atoms with Crippen molar-refractivity contribution in [3.63, 3.8) is 0 Å². The van der Waals surface area contributed by atoms with Crippen molar-refractivity contribution < 1.29 is 9.59 Å². The molecular formula is C11H10Cl2N2O2. The monoisotopic (exact) mass is 272 g/mol. The Morgan fingerprint density at radius 1 is 1.35 bits per heavy atom. The molecule has 3 amide bonds. The molecule has 1 N–H and O–H groups in total. The van der Waals surface area contributed by atoms with Gasteiger partial charge in [-0.1, -0.05) is 23.2 Å². The summed E-state index contributed by atoms with van der Waals surface area (Å²) in [6, 6.07) is 4.01. The maximum atomic E-state index is 11.8. The number of imide groups is 1. The fourth-order valence-electron chi connectivity index (χ4n) is 1.69. The molecular weight excluding hydrogens is 263 g/mol. The van der Waals surface area contributed by atoms with Crippen molar-refractivity contribution in [2.24, 2.45) is 0 Å². The van der Waals surface area contributed by atoms with Crippen LogP contribution in [0.25, 0.3) is 0 Å². The Labute approximate surface area is 108 Å². The fourth-order valence-corrected chi connectivity index (χ4v) is 2.06. The first-order valence-corrected chi connectivity index (χ1v) is 5.83. The van der Waals surface area contributed by atoms with Gasteiger partial charge in [-0.25, -0.2) is 9.69 Å². The van der Waals surface area contributed by atoms with Crippen molar-refractivity contribution >= 4 is 40.8 Å². The van der Waals surface area contributed by atoms with E-state index < -0.39 is 6.03 Å². The fraction of sp³-hybridized carbons (Fsp3) is 0.273. The van der Waals surface area contributed by atoms with Gasteiger partial charge in [-0.3, -0.25) is 4.79 Å². The smallest absolute Gasteiger partial charge is 0.329 e. The Balaban J connectivity index is 2.41. The molecule has 1 aromatic carbocycles. The van der Waals surface area contributed by atoms with E-state index in [0.717, 1.165) is 4.90 Å². The van der Waals surface area contributed by atoms with Crippen LogP contribution < -0.4 is 10.2 Å². The maximum absolute atomic E-state index is 11.8. The van der Waals surface area contributed by atoms with Crippen LogP contribution in [0.1, 0.15) is 13.3 Å². The van der Waals surface area contributed by atoms with E-state index in [2.05, 4.69) is 5.32 Å². The molecule has 0 spiro atoms. The van der Waals surface area contributed by atoms with Crippen LogP contribution in [0.2, 0.25) is 10.0 Å². The van der Waals surface area contributed by atoms with Gasteiger partial charge in [-0.05, 0) is 25.1 Å². The number of benzene rings is 1. The van der Waals surface area contributed by atoms with Gasteiger partial charge in [-0.2, -0.15) is 0 Å². The molecule has 4 nitrogen and oxygen atoms in total. The van der Waals surface area contributed by atoms with Gasteiger partial charge >= 0.3 is 6.03 Å². The van der Waals surface area contributed by atoms with Crippen LogP contribution >= 0.6 is 23.2 Å². The average Bonchev–Trinajstić information content (AvgIpc) is 2.21. The van der Waals surface area contributed by atoms with E-state index in [1.165, 1.54) is 6.07 Å². The summed E-state index contributed by atoms with van der Waals surface area (Å²) in [6.45, 7) is 1.77. The number of hydrogen-bond acceptors (Lipinski definition) is 2. The van der Waals surface area contributed by atoms with Crippen molar-refractivity contribution in [1.82, 2.24) is 5.32 Å². The average molecular weight is 273 g/mol. The Morgan fingerprint density at radius 3 is 2.71 bits per heavy atom. The zero-order valence-corrected chi connectivity index (χ0v) is 10.5. The van der Waals surface area contributed by atoms with Crippen molar-refractivity contribution in [2.75, 3.05) is 4.90 Å². The minimum atomic E-state index is -0.474. The quantitative estimate of drug-likeness (QED) is 0.855. The third-order valence-corrected chi connectivity index (χ3v) is 3.01. The summed E-state index contributed by atoms with van der Waals surface area (Å²) >= 11 is 11.8. The number of carbonyl (C=O) groups is 2. The molecule has 0 bridgehead atoms. The van der Waals surface area contributed by atoms with Crippen LogP contribution in [0, 0.1) is 0 Å². The normalized spacial score (nSPS) is 20.4. The van der Waals surface area contributed by atoms with Gasteiger partial charge in [0.05, 0.1) is 10.7 Å². The maximum Gasteiger partial charge on any atom is 0.329 e. The lowest BCUT2D eigenvalue weighted by Crippen LogP contribution is -2.54. The molecule has 1 heterocycles. The third kappa shape index (κ3) is 2.37. The summed E-state index contributed by atoms with van der Waals surface area (Å²) in [5.41, 5.74) is 0.313. The summed E-state index contributed by atoms with van der Waals surface area (Å²) in [7, 11) is 0. The van der Waals surface area contributed by atoms with Crippen LogP contribution in [-0.2, 0) is 4.79 Å². The zero-order chi connectivity index (χ0) is 12.6. The molecule has 0 radical (unpaired) electrons. The van der Waals surface area contributed by atoms with Crippen LogP contribution in [-0.4, -0.2) is 18.0 Å². The number of rotatable bonds is 1. The Bertz CT molecular complexity index is 472. The van der Waals surface area contributed by atoms with Gasteiger partial charge in [0, 0.05) is 17.5 Å². The zero-order valence-electron chi connectivity index (χ0n) is 9.04. The Hall–Kier alpha value is -1.26. The van der Waals surface area contributed by atoms with Crippen molar-refractivity contribution in [1.29, 1.82) is 0 Å². The van der Waals surface area contributed by atoms with Crippen molar-refractivity contribution in [3.05, 3.63) is 28.2 Å². The first-order valence-electron chi connectivity index (χ1n) is 5.07. The molecule has 1 aromatic rings. The number of nitrogens with zero attached hydrogens (tertiary/aromatic N) is 1. The lowest BCUT2D eigenvalue weighted by molar-refractivity contribution is -0.118. The van der Waals surface area contributed by atoms with Crippen LogP contribution in [0.5, 0.6) is 0 Å². The standard InChI is InChI=1S/C11H10Cl2N2O2/c1-6-4-10(16)15(11(17)14-6)9-5-7(12)2-3-8(9)13/h2-3,5-6H,4H2,1H3,(H,14,17). The predicted octanol–water partition coefficient (Wildman–Crippen LogP) is 2.83. The molecule has 17 heavy (non-hydrogen) atoms. The second-order valence-corrected chi connectivity index (χ2v) is 4.72. The van der Waals surface area contributed by atoms with Crippen molar-refractivity contribution in [3.8, 4) is 0 Å². The number of urea groups is 1. The molecule has 1 aliphatic heterocycles. The van der Waals surface area contributed by atoms with E-state index >= 15 is 0 Å². The molecule has 1 aliphatic rings. The van der Waals surface area contributed by atoms with E-state index in [-0.39, 0.29) is 18.4 Å². The second-order valence-electron chi connectivity index (χ2n) is 3.88. The topological polar surface area (TPSA) is 49.4 Å². The summed E-state index contributed by atoms with van der Waals surface area (Å²) in [4.78, 5) is 24.6. The highest BCUT2D eigenvalue weighted by molar-refractivity contribution is 6.37. The number of amides is 3. The Kier molecular flexibility index (Phi) is 3.26. The number of halogens is 2. The van der Waals surface area contributed by atoms with Gasteiger partial charge in [0.25, 0.3) is 0 Å². The number of hydrogen-bond donors (Lipinski definition) is 1. The molecule has 0 aliphatic carbocycles. The lowest BCUT2D eigenvalue weighted by Gasteiger charge is -2.30. The van der Waals surface area contributed by atoms with Crippen LogP contribution in [0.3, 0.4) is 0 Å². The van der Waals surface area contributed by atoms with E-state index in [4.69, 9.17) is 23.2 Å². The van der Waals surface area contributed by atoms with Gasteiger partial charge in [-0.15, -0.1) is 0 Å². The molecule has 1 atom stereocenters. The summed E-state index contributed by atoms with van der Waals surface area (Å²) in [5, 5.41) is 3.40. The lowest BCUT2D eigenvalue weighted by atomic mass is 10.1. The van der Waals surface area contributed by atoms with E-state index in [0.29, 0.717) is 15.7 Å². The SMILES string of the molecule is CC1CC(=O)N(c2cc(Cl)ccc2Cl)C(=O)N1. The van der Waals surface area contributed by atoms with E-state index in [9.17, 15) is 9.59 Å². The van der Waals surface area contributed by atoms with Gasteiger partial charge in [0.1, 0.15) is 0 Å². The molecule has 1 unspecified atom stereocenters. The molecule has 0 aromatic heterocycles. The van der Waals surface area contributed by atoms with Crippen LogP contribution in [0.15, 0.2) is 18.2 Å². The van der Waals surface area contributed by atoms with Gasteiger partial charge < -0.3 is 5.32 Å².